The first-order valence-corrected chi connectivity index (χ1v) is 9.43. The molecule has 0 radical (unpaired) electrons. The van der Waals surface area contributed by atoms with E-state index in [-0.39, 0.29) is 11.5 Å². The van der Waals surface area contributed by atoms with Gasteiger partial charge in [-0.25, -0.2) is 4.98 Å². The molecule has 2 unspecified atom stereocenters. The minimum absolute atomic E-state index is 0.150. The number of imidazole rings is 1. The van der Waals surface area contributed by atoms with Gasteiger partial charge in [-0.3, -0.25) is 9.20 Å². The smallest absolute Gasteiger partial charge is 0.277 e. The average Bonchev–Trinajstić information content (AvgIpc) is 3.13. The van der Waals surface area contributed by atoms with Gasteiger partial charge in [0.15, 0.2) is 0 Å². The van der Waals surface area contributed by atoms with Crippen LogP contribution in [0.5, 0.6) is 0 Å². The highest BCUT2D eigenvalue weighted by atomic mass is 16.5. The average molecular weight is 379 g/mol. The molecule has 1 aliphatic carbocycles. The highest BCUT2D eigenvalue weighted by molar-refractivity contribution is 5.83. The van der Waals surface area contributed by atoms with E-state index in [1.807, 2.05) is 24.3 Å². The van der Waals surface area contributed by atoms with E-state index in [9.17, 15) is 4.79 Å². The summed E-state index contributed by atoms with van der Waals surface area (Å²) in [6.45, 7) is 5.23. The molecule has 1 fully saturated rings. The Kier molecular flexibility index (Phi) is 3.83. The maximum Gasteiger partial charge on any atom is 0.277 e. The molecule has 0 N–H and O–H groups in total. The second kappa shape index (κ2) is 6.27. The predicted molar refractivity (Wildman–Crippen MR) is 103 cm³/mol. The number of aromatic nitrogens is 5. The number of para-hydroxylation sites is 2. The van der Waals surface area contributed by atoms with Gasteiger partial charge in [0.1, 0.15) is 17.5 Å². The van der Waals surface area contributed by atoms with Gasteiger partial charge in [0, 0.05) is 19.6 Å². The molecular weight excluding hydrogens is 358 g/mol. The van der Waals surface area contributed by atoms with Crippen LogP contribution in [0.3, 0.4) is 0 Å². The van der Waals surface area contributed by atoms with E-state index < -0.39 is 0 Å². The number of methoxy groups -OCH3 is 1. The van der Waals surface area contributed by atoms with E-state index in [1.54, 1.807) is 22.4 Å². The van der Waals surface area contributed by atoms with Gasteiger partial charge in [0.2, 0.25) is 11.7 Å². The summed E-state index contributed by atoms with van der Waals surface area (Å²) in [4.78, 5) is 22.3. The van der Waals surface area contributed by atoms with Crippen molar-refractivity contribution >= 4 is 16.6 Å². The molecule has 0 spiro atoms. The molecule has 0 amide bonds. The van der Waals surface area contributed by atoms with Gasteiger partial charge in [-0.1, -0.05) is 31.1 Å². The van der Waals surface area contributed by atoms with E-state index in [0.29, 0.717) is 47.9 Å². The summed E-state index contributed by atoms with van der Waals surface area (Å²) in [5.41, 5.74) is 2.45. The van der Waals surface area contributed by atoms with Gasteiger partial charge in [-0.15, -0.1) is 0 Å². The molecule has 0 aliphatic heterocycles. The standard InChI is InChI=1S/C20H21N5O3/c1-11-12(2)15(11)19-22-18(23-28-19)16-17-20(26)24(8-9-27-3)13-6-4-5-7-14(13)25(17)10-21-16/h4-7,10-12,15H,8-9H2,1-3H3. The largest absolute Gasteiger partial charge is 0.383 e. The molecular formula is C20H21N5O3. The van der Waals surface area contributed by atoms with Crippen molar-refractivity contribution in [3.05, 3.63) is 46.8 Å². The van der Waals surface area contributed by atoms with E-state index in [1.165, 1.54) is 0 Å². The van der Waals surface area contributed by atoms with E-state index in [4.69, 9.17) is 9.26 Å². The summed E-state index contributed by atoms with van der Waals surface area (Å²) in [5.74, 6) is 2.32. The highest BCUT2D eigenvalue weighted by Gasteiger charge is 2.48. The van der Waals surface area contributed by atoms with Crippen molar-refractivity contribution in [2.75, 3.05) is 13.7 Å². The predicted octanol–water partition coefficient (Wildman–Crippen LogP) is 2.72. The zero-order valence-electron chi connectivity index (χ0n) is 16.0. The van der Waals surface area contributed by atoms with Gasteiger partial charge < -0.3 is 13.8 Å². The van der Waals surface area contributed by atoms with Crippen molar-refractivity contribution in [2.45, 2.75) is 26.3 Å². The van der Waals surface area contributed by atoms with Crippen molar-refractivity contribution < 1.29 is 9.26 Å². The van der Waals surface area contributed by atoms with Crippen LogP contribution in [-0.4, -0.2) is 37.8 Å². The molecule has 4 aromatic rings. The summed E-state index contributed by atoms with van der Waals surface area (Å²) < 4.78 is 14.2. The van der Waals surface area contributed by atoms with Crippen molar-refractivity contribution in [3.63, 3.8) is 0 Å². The van der Waals surface area contributed by atoms with Gasteiger partial charge >= 0.3 is 0 Å². The Labute approximate surface area is 160 Å². The fourth-order valence-corrected chi connectivity index (χ4v) is 4.02. The lowest BCUT2D eigenvalue weighted by Gasteiger charge is -2.11. The van der Waals surface area contributed by atoms with Crippen LogP contribution in [0.1, 0.15) is 25.7 Å². The van der Waals surface area contributed by atoms with Crippen LogP contribution in [0.15, 0.2) is 39.9 Å². The second-order valence-electron chi connectivity index (χ2n) is 7.45. The first kappa shape index (κ1) is 17.1. The van der Waals surface area contributed by atoms with E-state index in [2.05, 4.69) is 29.0 Å². The zero-order valence-corrected chi connectivity index (χ0v) is 16.0. The lowest BCUT2D eigenvalue weighted by Crippen LogP contribution is -2.25. The molecule has 5 rings (SSSR count). The normalized spacial score (nSPS) is 21.6. The minimum atomic E-state index is -0.150. The summed E-state index contributed by atoms with van der Waals surface area (Å²) in [6, 6.07) is 7.74. The Bertz CT molecular complexity index is 1230. The minimum Gasteiger partial charge on any atom is -0.383 e. The summed E-state index contributed by atoms with van der Waals surface area (Å²) in [6.07, 6.45) is 1.65. The first-order chi connectivity index (χ1) is 13.6. The molecule has 144 valence electrons. The van der Waals surface area contributed by atoms with Crippen molar-refractivity contribution in [3.8, 4) is 11.5 Å². The number of hydrogen-bond donors (Lipinski definition) is 0. The van der Waals surface area contributed by atoms with E-state index >= 15 is 0 Å². The summed E-state index contributed by atoms with van der Waals surface area (Å²) in [5, 5.41) is 4.12. The van der Waals surface area contributed by atoms with Gasteiger partial charge in [-0.05, 0) is 24.0 Å². The van der Waals surface area contributed by atoms with Crippen LogP contribution in [-0.2, 0) is 11.3 Å². The highest BCUT2D eigenvalue weighted by Crippen LogP contribution is 2.52. The number of nitrogens with zero attached hydrogens (tertiary/aromatic N) is 5. The molecule has 8 nitrogen and oxygen atoms in total. The van der Waals surface area contributed by atoms with Crippen LogP contribution in [0, 0.1) is 11.8 Å². The molecule has 3 heterocycles. The van der Waals surface area contributed by atoms with Crippen LogP contribution in [0.4, 0.5) is 0 Å². The fourth-order valence-electron chi connectivity index (χ4n) is 4.02. The molecule has 8 heteroatoms. The quantitative estimate of drug-likeness (QED) is 0.530. The Morgan fingerprint density at radius 2 is 1.93 bits per heavy atom. The van der Waals surface area contributed by atoms with Gasteiger partial charge in [-0.2, -0.15) is 4.98 Å². The number of rotatable bonds is 5. The van der Waals surface area contributed by atoms with Crippen molar-refractivity contribution in [1.82, 2.24) is 24.1 Å². The summed E-state index contributed by atoms with van der Waals surface area (Å²) in [7, 11) is 1.62. The molecule has 1 aliphatic rings. The molecule has 1 saturated carbocycles. The first-order valence-electron chi connectivity index (χ1n) is 9.43. The molecule has 1 aromatic carbocycles. The van der Waals surface area contributed by atoms with Crippen LogP contribution >= 0.6 is 0 Å². The summed E-state index contributed by atoms with van der Waals surface area (Å²) >= 11 is 0. The Hall–Kier alpha value is -3.00. The fraction of sp³-hybridized carbons (Fsp3) is 0.400. The van der Waals surface area contributed by atoms with Crippen LogP contribution in [0.2, 0.25) is 0 Å². The van der Waals surface area contributed by atoms with Crippen LogP contribution < -0.4 is 5.56 Å². The van der Waals surface area contributed by atoms with E-state index in [0.717, 1.165) is 11.0 Å². The SMILES string of the molecule is COCCn1c(=O)c2c(-c3noc(C4C(C)C4C)n3)ncn2c2ccccc21. The van der Waals surface area contributed by atoms with Crippen molar-refractivity contribution in [1.29, 1.82) is 0 Å². The zero-order chi connectivity index (χ0) is 19.4. The Morgan fingerprint density at radius 3 is 2.64 bits per heavy atom. The lowest BCUT2D eigenvalue weighted by molar-refractivity contribution is 0.187. The number of hydrogen-bond acceptors (Lipinski definition) is 6. The third-order valence-corrected chi connectivity index (χ3v) is 5.93. The molecule has 3 aromatic heterocycles. The van der Waals surface area contributed by atoms with Gasteiger partial charge in [0.25, 0.3) is 5.56 Å². The number of fused-ring (bicyclic) bond motifs is 3. The van der Waals surface area contributed by atoms with Crippen LogP contribution in [0.25, 0.3) is 28.1 Å². The maximum absolute atomic E-state index is 13.3. The number of benzene rings is 1. The third-order valence-electron chi connectivity index (χ3n) is 5.93. The molecule has 28 heavy (non-hydrogen) atoms. The Balaban J connectivity index is 1.71. The second-order valence-corrected chi connectivity index (χ2v) is 7.45. The molecule has 2 atom stereocenters. The topological polar surface area (TPSA) is 87.5 Å². The number of ether oxygens (including phenoxy) is 1. The van der Waals surface area contributed by atoms with Crippen molar-refractivity contribution in [2.24, 2.45) is 11.8 Å². The maximum atomic E-state index is 13.3. The molecule has 0 saturated heterocycles. The monoisotopic (exact) mass is 379 g/mol. The van der Waals surface area contributed by atoms with Gasteiger partial charge in [0.05, 0.1) is 17.6 Å². The lowest BCUT2D eigenvalue weighted by atomic mass is 10.2. The Morgan fingerprint density at radius 1 is 1.18 bits per heavy atom. The molecule has 0 bridgehead atoms. The third kappa shape index (κ3) is 2.41.